The Labute approximate surface area is 96.6 Å². The second kappa shape index (κ2) is 4.71. The van der Waals surface area contributed by atoms with Crippen molar-refractivity contribution in [2.24, 2.45) is 5.73 Å². The van der Waals surface area contributed by atoms with Gasteiger partial charge in [-0.25, -0.2) is 0 Å². The maximum absolute atomic E-state index is 10.5. The third kappa shape index (κ3) is 2.93. The number of phenols is 1. The molecule has 14 heavy (non-hydrogen) atoms. The standard InChI is InChI=1S/C9H10AtNO3/c10-6-3-5(1-2-8(6)12)4-7(11)9(13)14/h1-3,7,12H,4,11H2,(H,13,14). The van der Waals surface area contributed by atoms with Gasteiger partial charge < -0.3 is 0 Å². The first-order chi connectivity index (χ1) is 6.50. The second-order valence-corrected chi connectivity index (χ2v) is 4.52. The molecule has 0 aromatic heterocycles. The molecule has 0 amide bonds. The van der Waals surface area contributed by atoms with E-state index >= 15 is 0 Å². The summed E-state index contributed by atoms with van der Waals surface area (Å²) >= 11 is 1.35. The number of aliphatic carboxylic acids is 1. The molecule has 1 atom stereocenters. The minimum atomic E-state index is -1.01. The third-order valence-electron chi connectivity index (χ3n) is 1.78. The van der Waals surface area contributed by atoms with E-state index in [4.69, 9.17) is 10.8 Å². The summed E-state index contributed by atoms with van der Waals surface area (Å²) in [5.74, 6) is -0.782. The van der Waals surface area contributed by atoms with E-state index < -0.39 is 12.0 Å². The molecule has 1 aromatic carbocycles. The Morgan fingerprint density at radius 2 is 2.21 bits per heavy atom. The van der Waals surface area contributed by atoms with E-state index in [-0.39, 0.29) is 12.2 Å². The van der Waals surface area contributed by atoms with Crippen molar-refractivity contribution >= 4 is 9.24 Å². The Hall–Kier alpha value is -0.667. The Bertz CT molecular complexity index is 354. The van der Waals surface area contributed by atoms with E-state index in [2.05, 4.69) is 0 Å². The van der Waals surface area contributed by atoms with Crippen molar-refractivity contribution in [2.45, 2.75) is 12.5 Å². The minimum absolute atomic E-state index is 0.231. The van der Waals surface area contributed by atoms with Gasteiger partial charge in [0.2, 0.25) is 0 Å². The van der Waals surface area contributed by atoms with Crippen LogP contribution < -0.4 is 9.01 Å². The molecule has 0 aliphatic carbocycles. The molecule has 0 spiro atoms. The summed E-state index contributed by atoms with van der Waals surface area (Å²) in [6.45, 7) is 0. The molecule has 0 heterocycles. The summed E-state index contributed by atoms with van der Waals surface area (Å²) in [5.41, 5.74) is 6.21. The molecule has 1 rings (SSSR count). The van der Waals surface area contributed by atoms with Gasteiger partial charge in [-0.15, -0.1) is 0 Å². The van der Waals surface area contributed by atoms with Crippen LogP contribution in [-0.4, -0.2) is 22.2 Å². The molecule has 0 fully saturated rings. The Kier molecular flexibility index (Phi) is 3.84. The van der Waals surface area contributed by atoms with E-state index in [0.717, 1.165) is 8.83 Å². The summed E-state index contributed by atoms with van der Waals surface area (Å²) in [6.07, 6.45) is 0.283. The number of benzene rings is 1. The fourth-order valence-electron chi connectivity index (χ4n) is 1.02. The molecule has 1 aromatic rings. The molecule has 0 aliphatic heterocycles. The molecular formula is C9H10AtNO3. The normalized spacial score (nSPS) is 12.4. The second-order valence-electron chi connectivity index (χ2n) is 2.93. The predicted octanol–water partition coefficient (Wildman–Crippen LogP) is -0.479. The van der Waals surface area contributed by atoms with Crippen molar-refractivity contribution in [1.82, 2.24) is 0 Å². The molecule has 4 N–H and O–H groups in total. The molecule has 4 nitrogen and oxygen atoms in total. The van der Waals surface area contributed by atoms with Gasteiger partial charge in [0.05, 0.1) is 0 Å². The van der Waals surface area contributed by atoms with Crippen molar-refractivity contribution in [3.63, 3.8) is 0 Å². The van der Waals surface area contributed by atoms with E-state index in [0.29, 0.717) is 0 Å². The van der Waals surface area contributed by atoms with E-state index in [1.54, 1.807) is 18.2 Å². The van der Waals surface area contributed by atoms with Crippen LogP contribution in [0.5, 0.6) is 5.75 Å². The van der Waals surface area contributed by atoms with E-state index in [1.807, 2.05) is 0 Å². The van der Waals surface area contributed by atoms with Gasteiger partial charge in [-0.2, -0.15) is 0 Å². The zero-order chi connectivity index (χ0) is 10.7. The van der Waals surface area contributed by atoms with Crippen molar-refractivity contribution < 1.29 is 39.7 Å². The van der Waals surface area contributed by atoms with Crippen LogP contribution in [0.2, 0.25) is 0 Å². The zero-order valence-corrected chi connectivity index (χ0v) is 10.2. The van der Waals surface area contributed by atoms with Gasteiger partial charge in [0.1, 0.15) is 0 Å². The van der Waals surface area contributed by atoms with Crippen LogP contribution in [0.25, 0.3) is 0 Å². The first kappa shape index (κ1) is 11.4. The van der Waals surface area contributed by atoms with Crippen molar-refractivity contribution in [1.29, 1.82) is 0 Å². The molecule has 1 unspecified atom stereocenters. The van der Waals surface area contributed by atoms with Crippen LogP contribution in [0.15, 0.2) is 18.2 Å². The SMILES string of the molecule is NC(Cc1ccc(O)c([At])c1)C(=O)O. The molecular weight excluding hydrogens is 380 g/mol. The molecule has 0 radical (unpaired) electrons. The number of nitrogens with two attached hydrogens (primary N) is 1. The van der Waals surface area contributed by atoms with Crippen LogP contribution in [0.4, 0.5) is 0 Å². The summed E-state index contributed by atoms with van der Waals surface area (Å²) in [7, 11) is 0. The number of hydrogen-bond acceptors (Lipinski definition) is 3. The summed E-state index contributed by atoms with van der Waals surface area (Å²) in [6, 6.07) is 4.11. The Balaban J connectivity index is 2.78. The average molecular weight is 390 g/mol. The average Bonchev–Trinajstić information content (AvgIpc) is 2.11. The molecule has 0 aliphatic rings. The van der Waals surface area contributed by atoms with Crippen LogP contribution in [0.3, 0.4) is 0 Å². The van der Waals surface area contributed by atoms with Gasteiger partial charge in [-0.3, -0.25) is 0 Å². The number of rotatable bonds is 3. The number of hydrogen-bond donors (Lipinski definition) is 3. The van der Waals surface area contributed by atoms with Crippen LogP contribution in [0, 0.1) is 24.7 Å². The number of carboxylic acids is 1. The molecule has 0 bridgehead atoms. The van der Waals surface area contributed by atoms with Gasteiger partial charge in [0, 0.05) is 0 Å². The van der Waals surface area contributed by atoms with Crippen LogP contribution in [-0.2, 0) is 11.2 Å². The van der Waals surface area contributed by atoms with Gasteiger partial charge in [-0.1, -0.05) is 0 Å². The first-order valence-electron chi connectivity index (χ1n) is 3.96. The summed E-state index contributed by atoms with van der Waals surface area (Å²) in [5, 5.41) is 17.8. The van der Waals surface area contributed by atoms with Crippen molar-refractivity contribution in [2.75, 3.05) is 0 Å². The first-order valence-corrected chi connectivity index (χ1v) is 5.43. The van der Waals surface area contributed by atoms with Crippen molar-refractivity contribution in [3.05, 3.63) is 23.8 Å². The van der Waals surface area contributed by atoms with E-state index in [9.17, 15) is 9.90 Å². The number of phenolic OH excluding ortho intramolecular Hbond substituents is 1. The molecule has 0 saturated carbocycles. The predicted molar refractivity (Wildman–Crippen MR) is 47.1 cm³/mol. The monoisotopic (exact) mass is 390 g/mol. The van der Waals surface area contributed by atoms with Crippen LogP contribution in [0.1, 0.15) is 5.56 Å². The molecule has 0 saturated heterocycles. The van der Waals surface area contributed by atoms with Gasteiger partial charge in [0.15, 0.2) is 0 Å². The number of carboxylic acid groups (broad SMARTS) is 1. The van der Waals surface area contributed by atoms with Gasteiger partial charge in [0.25, 0.3) is 0 Å². The molecule has 76 valence electrons. The Morgan fingerprint density at radius 1 is 1.57 bits per heavy atom. The quantitative estimate of drug-likeness (QED) is 0.652. The van der Waals surface area contributed by atoms with Crippen molar-refractivity contribution in [3.8, 4) is 5.75 Å². The Morgan fingerprint density at radius 3 is 2.71 bits per heavy atom. The summed E-state index contributed by atoms with van der Waals surface area (Å²) < 4.78 is 0.778. The fraction of sp³-hybridized carbons (Fsp3) is 0.222. The third-order valence-corrected chi connectivity index (χ3v) is 2.96. The fourth-order valence-corrected chi connectivity index (χ4v) is 1.81. The number of aromatic hydroxyl groups is 1. The zero-order valence-electron chi connectivity index (χ0n) is 7.27. The van der Waals surface area contributed by atoms with Gasteiger partial charge >= 0.3 is 96.7 Å². The maximum atomic E-state index is 10.5. The van der Waals surface area contributed by atoms with Gasteiger partial charge in [-0.05, 0) is 0 Å². The molecule has 5 heteroatoms. The summed E-state index contributed by atoms with van der Waals surface area (Å²) in [4.78, 5) is 10.5. The van der Waals surface area contributed by atoms with E-state index in [1.165, 1.54) is 24.7 Å². The van der Waals surface area contributed by atoms with Crippen LogP contribution >= 0.6 is 0 Å². The topological polar surface area (TPSA) is 83.5 Å². The number of carbonyl (C=O) groups is 1.